The lowest BCUT2D eigenvalue weighted by Crippen LogP contribution is -2.28. The van der Waals surface area contributed by atoms with Crippen molar-refractivity contribution in [3.8, 4) is 0 Å². The summed E-state index contributed by atoms with van der Waals surface area (Å²) in [4.78, 5) is 11.2. The lowest BCUT2D eigenvalue weighted by molar-refractivity contribution is 0.0188. The molecular weight excluding hydrogens is 335 g/mol. The van der Waals surface area contributed by atoms with Crippen molar-refractivity contribution in [3.05, 3.63) is 29.6 Å². The largest absolute Gasteiger partial charge is 0.374 e. The Balaban J connectivity index is 2.66. The van der Waals surface area contributed by atoms with E-state index in [0.717, 1.165) is 18.2 Å². The number of halogens is 4. The highest BCUT2D eigenvalue weighted by molar-refractivity contribution is 8.13. The topological polar surface area (TPSA) is 72.5 Å². The Kier molecular flexibility index (Phi) is 6.43. The number of nitrogens with one attached hydrogen (secondary N) is 1. The van der Waals surface area contributed by atoms with Crippen LogP contribution in [0, 0.1) is 5.82 Å². The number of ether oxygens (including phenoxy) is 1. The van der Waals surface area contributed by atoms with Crippen LogP contribution in [0.15, 0.2) is 23.1 Å². The summed E-state index contributed by atoms with van der Waals surface area (Å²) in [5.41, 5.74) is -0.523. The van der Waals surface area contributed by atoms with Gasteiger partial charge in [-0.15, -0.1) is 0 Å². The lowest BCUT2D eigenvalue weighted by Gasteiger charge is -2.07. The Bertz CT molecular complexity index is 609. The van der Waals surface area contributed by atoms with E-state index in [2.05, 4.69) is 10.1 Å². The van der Waals surface area contributed by atoms with Crippen molar-refractivity contribution in [1.29, 1.82) is 0 Å². The monoisotopic (exact) mass is 345 g/mol. The van der Waals surface area contributed by atoms with Crippen LogP contribution in [-0.4, -0.2) is 40.5 Å². The van der Waals surface area contributed by atoms with Gasteiger partial charge in [0.2, 0.25) is 0 Å². The first-order chi connectivity index (χ1) is 9.71. The molecular formula is C11H11ClF3NO4S. The van der Waals surface area contributed by atoms with Crippen LogP contribution in [0.3, 0.4) is 0 Å². The molecule has 0 saturated carbocycles. The van der Waals surface area contributed by atoms with Gasteiger partial charge in [0.25, 0.3) is 21.4 Å². The molecule has 0 radical (unpaired) electrons. The van der Waals surface area contributed by atoms with E-state index in [9.17, 15) is 26.4 Å². The molecule has 0 atom stereocenters. The fraction of sp³-hybridized carbons (Fsp3) is 0.364. The number of hydrogen-bond donors (Lipinski definition) is 1. The van der Waals surface area contributed by atoms with Crippen molar-refractivity contribution >= 4 is 25.6 Å². The van der Waals surface area contributed by atoms with Crippen molar-refractivity contribution in [2.24, 2.45) is 0 Å². The molecule has 1 aromatic carbocycles. The zero-order valence-corrected chi connectivity index (χ0v) is 12.1. The molecule has 5 nitrogen and oxygen atoms in total. The second-order valence-corrected chi connectivity index (χ2v) is 6.37. The number of amides is 1. The molecule has 1 amide bonds. The summed E-state index contributed by atoms with van der Waals surface area (Å²) in [5.74, 6) is -1.85. The Morgan fingerprint density at radius 3 is 2.62 bits per heavy atom. The molecule has 1 N–H and O–H groups in total. The number of carbonyl (C=O) groups is 1. The van der Waals surface area contributed by atoms with Crippen LogP contribution >= 0.6 is 10.7 Å². The van der Waals surface area contributed by atoms with Gasteiger partial charge in [-0.3, -0.25) is 4.79 Å². The van der Waals surface area contributed by atoms with Crippen molar-refractivity contribution < 1.29 is 31.1 Å². The van der Waals surface area contributed by atoms with Gasteiger partial charge in [-0.2, -0.15) is 0 Å². The van der Waals surface area contributed by atoms with E-state index in [1.807, 2.05) is 0 Å². The molecule has 0 aliphatic carbocycles. The van der Waals surface area contributed by atoms with E-state index in [4.69, 9.17) is 10.7 Å². The quantitative estimate of drug-likeness (QED) is 0.604. The fourth-order valence-corrected chi connectivity index (χ4v) is 2.11. The van der Waals surface area contributed by atoms with Crippen LogP contribution in [0.2, 0.25) is 0 Å². The number of rotatable bonds is 7. The molecule has 0 saturated heterocycles. The van der Waals surface area contributed by atoms with Crippen LogP contribution in [0.4, 0.5) is 13.2 Å². The molecule has 0 aliphatic heterocycles. The molecule has 0 spiro atoms. The summed E-state index contributed by atoms with van der Waals surface area (Å²) < 4.78 is 63.7. The summed E-state index contributed by atoms with van der Waals surface area (Å²) in [7, 11) is 0.993. The highest BCUT2D eigenvalue weighted by Crippen LogP contribution is 2.18. The zero-order chi connectivity index (χ0) is 16.0. The predicted octanol–water partition coefficient (Wildman–Crippen LogP) is 1.76. The normalized spacial score (nSPS) is 11.7. The third kappa shape index (κ3) is 5.90. The first-order valence-corrected chi connectivity index (χ1v) is 7.91. The van der Waals surface area contributed by atoms with Gasteiger partial charge in [-0.1, -0.05) is 0 Å². The third-order valence-corrected chi connectivity index (χ3v) is 3.59. The summed E-state index contributed by atoms with van der Waals surface area (Å²) >= 11 is 0. The van der Waals surface area contributed by atoms with E-state index in [0.29, 0.717) is 0 Å². The fourth-order valence-electron chi connectivity index (χ4n) is 1.33. The van der Waals surface area contributed by atoms with E-state index in [-0.39, 0.29) is 13.2 Å². The van der Waals surface area contributed by atoms with Crippen molar-refractivity contribution in [1.82, 2.24) is 5.32 Å². The maximum atomic E-state index is 13.5. The number of benzene rings is 1. The molecule has 0 fully saturated rings. The van der Waals surface area contributed by atoms with Crippen molar-refractivity contribution in [3.63, 3.8) is 0 Å². The predicted molar refractivity (Wildman–Crippen MR) is 68.6 cm³/mol. The van der Waals surface area contributed by atoms with Gasteiger partial charge < -0.3 is 10.1 Å². The van der Waals surface area contributed by atoms with Crippen molar-refractivity contribution in [2.75, 3.05) is 19.8 Å². The molecule has 1 aromatic rings. The number of carbonyl (C=O) groups excluding carboxylic acids is 1. The molecule has 118 valence electrons. The highest BCUT2D eigenvalue weighted by atomic mass is 35.7. The van der Waals surface area contributed by atoms with Crippen LogP contribution in [0.25, 0.3) is 0 Å². The highest BCUT2D eigenvalue weighted by Gasteiger charge is 2.17. The summed E-state index contributed by atoms with van der Waals surface area (Å²) in [6.07, 6.45) is -2.62. The lowest BCUT2D eigenvalue weighted by atomic mass is 10.2. The molecule has 10 heteroatoms. The first-order valence-electron chi connectivity index (χ1n) is 5.60. The Labute approximate surface area is 123 Å². The SMILES string of the molecule is O=C(NCCOCC(F)F)c1cc(S(=O)(=O)Cl)ccc1F. The van der Waals surface area contributed by atoms with E-state index in [1.165, 1.54) is 0 Å². The van der Waals surface area contributed by atoms with Gasteiger partial charge in [-0.05, 0) is 18.2 Å². The Hall–Kier alpha value is -1.32. The minimum absolute atomic E-state index is 0.136. The number of alkyl halides is 2. The molecule has 0 heterocycles. The Morgan fingerprint density at radius 1 is 1.38 bits per heavy atom. The minimum Gasteiger partial charge on any atom is -0.374 e. The third-order valence-electron chi connectivity index (χ3n) is 2.24. The second-order valence-electron chi connectivity index (χ2n) is 3.80. The molecule has 0 bridgehead atoms. The van der Waals surface area contributed by atoms with Gasteiger partial charge in [0.1, 0.15) is 12.4 Å². The minimum atomic E-state index is -4.10. The average molecular weight is 346 g/mol. The molecule has 21 heavy (non-hydrogen) atoms. The second kappa shape index (κ2) is 7.62. The smallest absolute Gasteiger partial charge is 0.261 e. The average Bonchev–Trinajstić information content (AvgIpc) is 2.36. The van der Waals surface area contributed by atoms with Crippen LogP contribution in [-0.2, 0) is 13.8 Å². The van der Waals surface area contributed by atoms with E-state index >= 15 is 0 Å². The van der Waals surface area contributed by atoms with Gasteiger partial charge in [0.05, 0.1) is 17.1 Å². The molecule has 1 rings (SSSR count). The maximum Gasteiger partial charge on any atom is 0.261 e. The van der Waals surface area contributed by atoms with E-state index in [1.54, 1.807) is 0 Å². The summed E-state index contributed by atoms with van der Waals surface area (Å²) in [5, 5.41) is 2.21. The standard InChI is InChI=1S/C11H11ClF3NO4S/c12-21(18,19)7-1-2-9(13)8(5-7)11(17)16-3-4-20-6-10(14)15/h1-2,5,10H,3-4,6H2,(H,16,17). The van der Waals surface area contributed by atoms with Gasteiger partial charge >= 0.3 is 0 Å². The molecule has 0 aromatic heterocycles. The molecule has 0 aliphatic rings. The van der Waals surface area contributed by atoms with Gasteiger partial charge in [0, 0.05) is 17.2 Å². The van der Waals surface area contributed by atoms with Crippen LogP contribution in [0.5, 0.6) is 0 Å². The van der Waals surface area contributed by atoms with Gasteiger partial charge in [0.15, 0.2) is 0 Å². The molecule has 0 unspecified atom stereocenters. The van der Waals surface area contributed by atoms with Crippen LogP contribution in [0.1, 0.15) is 10.4 Å². The van der Waals surface area contributed by atoms with E-state index < -0.39 is 44.3 Å². The van der Waals surface area contributed by atoms with Crippen molar-refractivity contribution in [2.45, 2.75) is 11.3 Å². The summed E-state index contributed by atoms with van der Waals surface area (Å²) in [6, 6.07) is 2.49. The first kappa shape index (κ1) is 17.7. The summed E-state index contributed by atoms with van der Waals surface area (Å²) in [6.45, 7) is -1.10. The maximum absolute atomic E-state index is 13.5. The van der Waals surface area contributed by atoms with Crippen LogP contribution < -0.4 is 5.32 Å². The zero-order valence-electron chi connectivity index (χ0n) is 10.5. The van der Waals surface area contributed by atoms with Gasteiger partial charge in [-0.25, -0.2) is 21.6 Å². The Morgan fingerprint density at radius 2 is 2.05 bits per heavy atom. The number of hydrogen-bond acceptors (Lipinski definition) is 4.